The molecule has 1 N–H and O–H groups in total. The van der Waals surface area contributed by atoms with Gasteiger partial charge in [0.15, 0.2) is 5.17 Å². The number of benzene rings is 1. The van der Waals surface area contributed by atoms with Crippen LogP contribution in [0.3, 0.4) is 0 Å². The van der Waals surface area contributed by atoms with E-state index in [0.717, 1.165) is 17.7 Å². The summed E-state index contributed by atoms with van der Waals surface area (Å²) in [7, 11) is 1.63. The van der Waals surface area contributed by atoms with Crippen LogP contribution in [0.4, 0.5) is 0 Å². The highest BCUT2D eigenvalue weighted by Gasteiger charge is 2.60. The third-order valence-corrected chi connectivity index (χ3v) is 7.74. The standard InChI is InChI=1S/C21H25N3O2S/c1-20(2)14-9-10-21(20,3)17(12-14)23-24-19-22-18(25)16(27-19)11-13-5-7-15(26-4)8-6-13/h5-8,11,14H,9-10,12H2,1-4H3,(H,22,24,25). The number of hydrogen-bond acceptors (Lipinski definition) is 5. The number of carbonyl (C=O) groups is 1. The van der Waals surface area contributed by atoms with Crippen molar-refractivity contribution in [3.63, 3.8) is 0 Å². The minimum absolute atomic E-state index is 0.122. The Morgan fingerprint density at radius 2 is 1.96 bits per heavy atom. The number of carbonyl (C=O) groups excluding carboxylic acids is 1. The van der Waals surface area contributed by atoms with Crippen molar-refractivity contribution in [1.82, 2.24) is 5.32 Å². The molecule has 0 radical (unpaired) electrons. The maximum Gasteiger partial charge on any atom is 0.264 e. The van der Waals surface area contributed by atoms with Crippen LogP contribution in [0, 0.1) is 16.7 Å². The summed E-state index contributed by atoms with van der Waals surface area (Å²) in [5.41, 5.74) is 2.52. The second-order valence-corrected chi connectivity index (χ2v) is 9.31. The first kappa shape index (κ1) is 18.3. The van der Waals surface area contributed by atoms with Gasteiger partial charge in [0.05, 0.1) is 12.0 Å². The van der Waals surface area contributed by atoms with E-state index in [1.54, 1.807) is 7.11 Å². The monoisotopic (exact) mass is 383 g/mol. The average Bonchev–Trinajstić information content (AvgIpc) is 3.17. The molecule has 0 aromatic heterocycles. The van der Waals surface area contributed by atoms with Gasteiger partial charge < -0.3 is 4.74 Å². The fraction of sp³-hybridized carbons (Fsp3) is 0.476. The zero-order valence-electron chi connectivity index (χ0n) is 16.2. The van der Waals surface area contributed by atoms with E-state index in [1.807, 2.05) is 30.3 Å². The summed E-state index contributed by atoms with van der Waals surface area (Å²) in [5.74, 6) is 1.35. The van der Waals surface area contributed by atoms with Gasteiger partial charge in [-0.1, -0.05) is 32.9 Å². The molecular weight excluding hydrogens is 358 g/mol. The third-order valence-electron chi connectivity index (χ3n) is 6.84. The van der Waals surface area contributed by atoms with Gasteiger partial charge in [-0.2, -0.15) is 5.10 Å². The molecule has 0 spiro atoms. The fourth-order valence-electron chi connectivity index (χ4n) is 4.51. The number of hydrogen-bond donors (Lipinski definition) is 1. The van der Waals surface area contributed by atoms with Gasteiger partial charge in [-0.25, -0.2) is 0 Å². The van der Waals surface area contributed by atoms with Gasteiger partial charge in [0.25, 0.3) is 5.91 Å². The van der Waals surface area contributed by atoms with Crippen molar-refractivity contribution in [3.05, 3.63) is 34.7 Å². The molecule has 2 unspecified atom stereocenters. The maximum atomic E-state index is 12.2. The van der Waals surface area contributed by atoms with Crippen molar-refractivity contribution >= 4 is 34.6 Å². The van der Waals surface area contributed by atoms with Crippen LogP contribution in [0.5, 0.6) is 5.75 Å². The van der Waals surface area contributed by atoms with E-state index < -0.39 is 0 Å². The Balaban J connectivity index is 1.52. The minimum Gasteiger partial charge on any atom is -0.497 e. The van der Waals surface area contributed by atoms with Gasteiger partial charge in [-0.15, -0.1) is 5.10 Å². The molecule has 27 heavy (non-hydrogen) atoms. The lowest BCUT2D eigenvalue weighted by atomic mass is 9.70. The lowest BCUT2D eigenvalue weighted by Gasteiger charge is -2.34. The molecule has 5 nitrogen and oxygen atoms in total. The number of fused-ring (bicyclic) bond motifs is 2. The zero-order chi connectivity index (χ0) is 19.2. The first-order chi connectivity index (χ1) is 12.8. The second kappa shape index (κ2) is 6.51. The molecule has 142 valence electrons. The van der Waals surface area contributed by atoms with Gasteiger partial charge in [-0.05, 0) is 66.1 Å². The molecule has 2 atom stereocenters. The van der Waals surface area contributed by atoms with Gasteiger partial charge >= 0.3 is 0 Å². The molecule has 2 aliphatic carbocycles. The first-order valence-corrected chi connectivity index (χ1v) is 10.1. The lowest BCUT2D eigenvalue weighted by molar-refractivity contribution is -0.115. The third kappa shape index (κ3) is 3.00. The number of ether oxygens (including phenoxy) is 1. The van der Waals surface area contributed by atoms with Gasteiger partial charge in [0.1, 0.15) is 5.75 Å². The number of nitrogens with one attached hydrogen (secondary N) is 1. The molecular formula is C21H25N3O2S. The Morgan fingerprint density at radius 3 is 2.56 bits per heavy atom. The summed E-state index contributed by atoms with van der Waals surface area (Å²) >= 11 is 1.34. The van der Waals surface area contributed by atoms with E-state index in [2.05, 4.69) is 36.3 Å². The largest absolute Gasteiger partial charge is 0.497 e. The van der Waals surface area contributed by atoms with Gasteiger partial charge in [0, 0.05) is 11.1 Å². The van der Waals surface area contributed by atoms with E-state index in [0.29, 0.717) is 16.0 Å². The molecule has 4 rings (SSSR count). The van der Waals surface area contributed by atoms with Crippen LogP contribution in [0.1, 0.15) is 45.6 Å². The van der Waals surface area contributed by atoms with Crippen molar-refractivity contribution in [2.75, 3.05) is 7.11 Å². The van der Waals surface area contributed by atoms with Gasteiger partial charge in [0.2, 0.25) is 0 Å². The smallest absolute Gasteiger partial charge is 0.264 e. The molecule has 1 heterocycles. The second-order valence-electron chi connectivity index (χ2n) is 8.28. The molecule has 3 fully saturated rings. The number of thioether (sulfide) groups is 1. The molecule has 2 saturated carbocycles. The highest BCUT2D eigenvalue weighted by molar-refractivity contribution is 8.18. The number of nitrogens with zero attached hydrogens (tertiary/aromatic N) is 2. The van der Waals surface area contributed by atoms with Crippen molar-refractivity contribution in [1.29, 1.82) is 0 Å². The van der Waals surface area contributed by atoms with E-state index in [9.17, 15) is 4.79 Å². The van der Waals surface area contributed by atoms with E-state index in [1.165, 1.54) is 30.3 Å². The summed E-state index contributed by atoms with van der Waals surface area (Å²) in [5, 5.41) is 12.3. The lowest BCUT2D eigenvalue weighted by Crippen LogP contribution is -2.32. The van der Waals surface area contributed by atoms with Crippen molar-refractivity contribution in [3.8, 4) is 5.75 Å². The molecule has 1 amide bonds. The average molecular weight is 384 g/mol. The summed E-state index contributed by atoms with van der Waals surface area (Å²) < 4.78 is 5.16. The molecule has 2 bridgehead atoms. The van der Waals surface area contributed by atoms with Crippen LogP contribution in [0.25, 0.3) is 6.08 Å². The van der Waals surface area contributed by atoms with E-state index in [-0.39, 0.29) is 16.7 Å². The topological polar surface area (TPSA) is 63.1 Å². The Bertz CT molecular complexity index is 870. The molecule has 1 aromatic carbocycles. The summed E-state index contributed by atoms with van der Waals surface area (Å²) in [4.78, 5) is 12.9. The van der Waals surface area contributed by atoms with Crippen LogP contribution in [-0.2, 0) is 4.79 Å². The molecule has 6 heteroatoms. The van der Waals surface area contributed by atoms with Crippen LogP contribution in [-0.4, -0.2) is 23.9 Å². The Morgan fingerprint density at radius 1 is 1.22 bits per heavy atom. The normalized spacial score (nSPS) is 33.3. The number of methoxy groups -OCH3 is 1. The highest BCUT2D eigenvalue weighted by Crippen LogP contribution is 2.64. The van der Waals surface area contributed by atoms with E-state index >= 15 is 0 Å². The highest BCUT2D eigenvalue weighted by atomic mass is 32.2. The number of rotatable bonds is 3. The molecule has 1 aromatic rings. The van der Waals surface area contributed by atoms with Crippen molar-refractivity contribution < 1.29 is 9.53 Å². The minimum atomic E-state index is -0.130. The molecule has 1 aliphatic heterocycles. The zero-order valence-corrected chi connectivity index (χ0v) is 17.0. The van der Waals surface area contributed by atoms with Crippen LogP contribution < -0.4 is 10.1 Å². The van der Waals surface area contributed by atoms with Crippen LogP contribution >= 0.6 is 11.8 Å². The summed E-state index contributed by atoms with van der Waals surface area (Å²) in [6.45, 7) is 7.01. The molecule has 1 saturated heterocycles. The molecule has 3 aliphatic rings. The summed E-state index contributed by atoms with van der Waals surface area (Å²) in [6.07, 6.45) is 5.33. The van der Waals surface area contributed by atoms with E-state index in [4.69, 9.17) is 4.74 Å². The quantitative estimate of drug-likeness (QED) is 0.619. The SMILES string of the molecule is COc1ccc(C=C2S/C(=N/N=C3CC4CCC3(C)C4(C)C)NC2=O)cc1. The van der Waals surface area contributed by atoms with Crippen LogP contribution in [0.15, 0.2) is 39.4 Å². The maximum absolute atomic E-state index is 12.2. The number of amidine groups is 1. The Kier molecular flexibility index (Phi) is 4.41. The van der Waals surface area contributed by atoms with Crippen molar-refractivity contribution in [2.24, 2.45) is 27.0 Å². The van der Waals surface area contributed by atoms with Gasteiger partial charge in [-0.3, -0.25) is 10.1 Å². The Hall–Kier alpha value is -2.08. The predicted molar refractivity (Wildman–Crippen MR) is 111 cm³/mol. The first-order valence-electron chi connectivity index (χ1n) is 9.33. The van der Waals surface area contributed by atoms with Crippen LogP contribution in [0.2, 0.25) is 0 Å². The fourth-order valence-corrected chi connectivity index (χ4v) is 5.28. The summed E-state index contributed by atoms with van der Waals surface area (Å²) in [6, 6.07) is 7.60. The van der Waals surface area contributed by atoms with Crippen molar-refractivity contribution in [2.45, 2.75) is 40.0 Å². The Labute approximate surface area is 164 Å². The predicted octanol–water partition coefficient (Wildman–Crippen LogP) is 4.46. The number of amides is 1.